The molecule has 0 aliphatic rings. The number of ether oxygens (including phenoxy) is 3. The number of hydrogen-bond donors (Lipinski definition) is 1. The SMILES string of the molecule is COC(=O)CCOc1ccc(C=CC(=O)O)cc1OC. The number of benzene rings is 1. The van der Waals surface area contributed by atoms with Crippen LogP contribution in [0.25, 0.3) is 6.08 Å². The van der Waals surface area contributed by atoms with E-state index < -0.39 is 5.97 Å². The molecule has 0 atom stereocenters. The zero-order valence-electron chi connectivity index (χ0n) is 11.3. The van der Waals surface area contributed by atoms with Gasteiger partial charge in [0.15, 0.2) is 11.5 Å². The second kappa shape index (κ2) is 7.83. The predicted molar refractivity (Wildman–Crippen MR) is 71.8 cm³/mol. The lowest BCUT2D eigenvalue weighted by molar-refractivity contribution is -0.141. The van der Waals surface area contributed by atoms with Crippen molar-refractivity contribution in [2.75, 3.05) is 20.8 Å². The van der Waals surface area contributed by atoms with Crippen LogP contribution < -0.4 is 9.47 Å². The monoisotopic (exact) mass is 280 g/mol. The molecule has 20 heavy (non-hydrogen) atoms. The molecule has 1 aromatic carbocycles. The molecular formula is C14H16O6. The predicted octanol–water partition coefficient (Wildman–Crippen LogP) is 1.73. The van der Waals surface area contributed by atoms with Gasteiger partial charge in [-0.3, -0.25) is 4.79 Å². The summed E-state index contributed by atoms with van der Waals surface area (Å²) in [7, 11) is 2.79. The molecular weight excluding hydrogens is 264 g/mol. The van der Waals surface area contributed by atoms with Gasteiger partial charge in [0.2, 0.25) is 0 Å². The Balaban J connectivity index is 2.72. The molecule has 0 bridgehead atoms. The minimum Gasteiger partial charge on any atom is -0.493 e. The van der Waals surface area contributed by atoms with E-state index in [4.69, 9.17) is 14.6 Å². The van der Waals surface area contributed by atoms with Gasteiger partial charge in [-0.05, 0) is 23.8 Å². The van der Waals surface area contributed by atoms with E-state index in [0.29, 0.717) is 17.1 Å². The van der Waals surface area contributed by atoms with Crippen LogP contribution in [-0.4, -0.2) is 37.9 Å². The fourth-order valence-corrected chi connectivity index (χ4v) is 1.42. The van der Waals surface area contributed by atoms with Gasteiger partial charge in [-0.25, -0.2) is 4.79 Å². The second-order valence-electron chi connectivity index (χ2n) is 3.76. The third-order valence-corrected chi connectivity index (χ3v) is 2.40. The summed E-state index contributed by atoms with van der Waals surface area (Å²) in [6.07, 6.45) is 2.62. The molecule has 6 nitrogen and oxygen atoms in total. The third kappa shape index (κ3) is 5.01. The van der Waals surface area contributed by atoms with Crippen LogP contribution in [0.1, 0.15) is 12.0 Å². The maximum Gasteiger partial charge on any atom is 0.328 e. The van der Waals surface area contributed by atoms with Crippen LogP contribution in [0.5, 0.6) is 11.5 Å². The van der Waals surface area contributed by atoms with Crippen molar-refractivity contribution in [3.05, 3.63) is 29.8 Å². The highest BCUT2D eigenvalue weighted by Crippen LogP contribution is 2.28. The number of methoxy groups -OCH3 is 2. The molecule has 0 amide bonds. The molecule has 0 saturated heterocycles. The number of esters is 1. The van der Waals surface area contributed by atoms with Crippen LogP contribution in [0.3, 0.4) is 0 Å². The smallest absolute Gasteiger partial charge is 0.328 e. The van der Waals surface area contributed by atoms with Gasteiger partial charge in [-0.1, -0.05) is 6.07 Å². The average Bonchev–Trinajstić information content (AvgIpc) is 2.45. The highest BCUT2D eigenvalue weighted by molar-refractivity contribution is 5.85. The molecule has 108 valence electrons. The van der Waals surface area contributed by atoms with E-state index in [1.807, 2.05) is 0 Å². The van der Waals surface area contributed by atoms with Gasteiger partial charge >= 0.3 is 11.9 Å². The maximum absolute atomic E-state index is 11.0. The molecule has 0 aliphatic heterocycles. The van der Waals surface area contributed by atoms with Gasteiger partial charge in [0.25, 0.3) is 0 Å². The Morgan fingerprint density at radius 1 is 1.25 bits per heavy atom. The number of aliphatic carboxylic acids is 1. The molecule has 0 saturated carbocycles. The molecule has 1 N–H and O–H groups in total. The van der Waals surface area contributed by atoms with Gasteiger partial charge in [0.05, 0.1) is 27.2 Å². The van der Waals surface area contributed by atoms with Crippen LogP contribution in [0.15, 0.2) is 24.3 Å². The lowest BCUT2D eigenvalue weighted by Gasteiger charge is -2.10. The fraction of sp³-hybridized carbons (Fsp3) is 0.286. The second-order valence-corrected chi connectivity index (χ2v) is 3.76. The summed E-state index contributed by atoms with van der Waals surface area (Å²) in [6.45, 7) is 0.174. The number of carboxylic acid groups (broad SMARTS) is 1. The van der Waals surface area contributed by atoms with Gasteiger partial charge in [0, 0.05) is 6.08 Å². The Morgan fingerprint density at radius 3 is 2.60 bits per heavy atom. The van der Waals surface area contributed by atoms with E-state index >= 15 is 0 Å². The van der Waals surface area contributed by atoms with Crippen LogP contribution >= 0.6 is 0 Å². The molecule has 0 heterocycles. The van der Waals surface area contributed by atoms with E-state index in [1.165, 1.54) is 20.3 Å². The van der Waals surface area contributed by atoms with E-state index in [0.717, 1.165) is 6.08 Å². The van der Waals surface area contributed by atoms with Crippen molar-refractivity contribution in [2.24, 2.45) is 0 Å². The van der Waals surface area contributed by atoms with Gasteiger partial charge in [-0.15, -0.1) is 0 Å². The number of hydrogen-bond acceptors (Lipinski definition) is 5. The van der Waals surface area contributed by atoms with E-state index in [-0.39, 0.29) is 19.0 Å². The van der Waals surface area contributed by atoms with Gasteiger partial charge in [0.1, 0.15) is 0 Å². The molecule has 0 aliphatic carbocycles. The Bertz CT molecular complexity index is 506. The first-order valence-electron chi connectivity index (χ1n) is 5.85. The summed E-state index contributed by atoms with van der Waals surface area (Å²) in [5.74, 6) is -0.446. The molecule has 0 spiro atoms. The normalized spacial score (nSPS) is 10.3. The molecule has 0 fully saturated rings. The van der Waals surface area contributed by atoms with E-state index in [1.54, 1.807) is 18.2 Å². The molecule has 1 aromatic rings. The molecule has 1 rings (SSSR count). The molecule has 6 heteroatoms. The Labute approximate surface area is 116 Å². The first kappa shape index (κ1) is 15.6. The summed E-state index contributed by atoms with van der Waals surface area (Å²) < 4.78 is 15.1. The van der Waals surface area contributed by atoms with Crippen molar-refractivity contribution in [1.82, 2.24) is 0 Å². The lowest BCUT2D eigenvalue weighted by atomic mass is 10.2. The summed E-state index contributed by atoms with van der Waals surface area (Å²) in [4.78, 5) is 21.4. The molecule has 0 radical (unpaired) electrons. The Morgan fingerprint density at radius 2 is 2.00 bits per heavy atom. The van der Waals surface area contributed by atoms with Crippen molar-refractivity contribution < 1.29 is 28.9 Å². The summed E-state index contributed by atoms with van der Waals surface area (Å²) in [5, 5.41) is 8.56. The summed E-state index contributed by atoms with van der Waals surface area (Å²) in [5.41, 5.74) is 0.671. The number of carbonyl (C=O) groups excluding carboxylic acids is 1. The minimum atomic E-state index is -1.03. The van der Waals surface area contributed by atoms with Crippen LogP contribution in [-0.2, 0) is 14.3 Å². The summed E-state index contributed by atoms with van der Waals surface area (Å²) >= 11 is 0. The van der Waals surface area contributed by atoms with Gasteiger partial charge < -0.3 is 19.3 Å². The standard InChI is InChI=1S/C14H16O6/c1-18-12-9-10(4-6-13(15)16)3-5-11(12)20-8-7-14(17)19-2/h3-6,9H,7-8H2,1-2H3,(H,15,16). The van der Waals surface area contributed by atoms with E-state index in [2.05, 4.69) is 4.74 Å². The van der Waals surface area contributed by atoms with Crippen molar-refractivity contribution in [1.29, 1.82) is 0 Å². The highest BCUT2D eigenvalue weighted by atomic mass is 16.5. The quantitative estimate of drug-likeness (QED) is 0.605. The van der Waals surface area contributed by atoms with E-state index in [9.17, 15) is 9.59 Å². The topological polar surface area (TPSA) is 82.1 Å². The van der Waals surface area contributed by atoms with Crippen molar-refractivity contribution >= 4 is 18.0 Å². The van der Waals surface area contributed by atoms with Crippen molar-refractivity contribution in [2.45, 2.75) is 6.42 Å². The van der Waals surface area contributed by atoms with Crippen molar-refractivity contribution in [3.63, 3.8) is 0 Å². The highest BCUT2D eigenvalue weighted by Gasteiger charge is 2.07. The largest absolute Gasteiger partial charge is 0.493 e. The van der Waals surface area contributed by atoms with Crippen LogP contribution in [0.2, 0.25) is 0 Å². The average molecular weight is 280 g/mol. The molecule has 0 unspecified atom stereocenters. The van der Waals surface area contributed by atoms with Crippen molar-refractivity contribution in [3.8, 4) is 11.5 Å². The lowest BCUT2D eigenvalue weighted by Crippen LogP contribution is -2.08. The Hall–Kier alpha value is -2.50. The zero-order valence-corrected chi connectivity index (χ0v) is 11.3. The minimum absolute atomic E-state index is 0.139. The van der Waals surface area contributed by atoms with Gasteiger partial charge in [-0.2, -0.15) is 0 Å². The first-order chi connectivity index (χ1) is 9.56. The first-order valence-corrected chi connectivity index (χ1v) is 5.85. The fourth-order valence-electron chi connectivity index (χ4n) is 1.42. The number of rotatable bonds is 7. The Kier molecular flexibility index (Phi) is 6.09. The number of carbonyl (C=O) groups is 2. The molecule has 0 aromatic heterocycles. The number of carboxylic acids is 1. The summed E-state index contributed by atoms with van der Waals surface area (Å²) in [6, 6.07) is 4.99. The van der Waals surface area contributed by atoms with Crippen LogP contribution in [0, 0.1) is 0 Å². The van der Waals surface area contributed by atoms with Crippen LogP contribution in [0.4, 0.5) is 0 Å². The third-order valence-electron chi connectivity index (χ3n) is 2.40. The zero-order chi connectivity index (χ0) is 15.0. The maximum atomic E-state index is 11.0.